The molecule has 102 valence electrons. The molecule has 18 heavy (non-hydrogen) atoms. The molecule has 0 fully saturated rings. The van der Waals surface area contributed by atoms with Crippen LogP contribution in [-0.2, 0) is 10.0 Å². The van der Waals surface area contributed by atoms with Crippen molar-refractivity contribution in [1.82, 2.24) is 14.7 Å². The first-order chi connectivity index (χ1) is 8.40. The summed E-state index contributed by atoms with van der Waals surface area (Å²) < 4.78 is 24.0. The molecule has 8 nitrogen and oxygen atoms in total. The number of hydrogen-bond acceptors (Lipinski definition) is 7. The molecule has 0 saturated carbocycles. The summed E-state index contributed by atoms with van der Waals surface area (Å²) in [6.45, 7) is 2.75. The van der Waals surface area contributed by atoms with Crippen LogP contribution in [0.3, 0.4) is 0 Å². The van der Waals surface area contributed by atoms with E-state index in [-0.39, 0.29) is 0 Å². The Morgan fingerprint density at radius 3 is 2.56 bits per heavy atom. The molecule has 0 radical (unpaired) electrons. The van der Waals surface area contributed by atoms with Crippen LogP contribution in [0.4, 0.5) is 11.6 Å². The molecule has 0 spiro atoms. The summed E-state index contributed by atoms with van der Waals surface area (Å²) in [7, 11) is -3.12. The van der Waals surface area contributed by atoms with E-state index >= 15 is 0 Å². The fourth-order valence-electron chi connectivity index (χ4n) is 1.29. The molecule has 1 aromatic rings. The van der Waals surface area contributed by atoms with Crippen LogP contribution >= 0.6 is 0 Å². The van der Waals surface area contributed by atoms with Crippen molar-refractivity contribution in [2.24, 2.45) is 5.84 Å². The first-order valence-corrected chi connectivity index (χ1v) is 7.30. The standard InChI is InChI=1S/C9H18N6O2S/c1-7-13-8(6-9(14-7)15-10)11-4-3-5-12-18(2,16)17/h6,12H,3-5,10H2,1-2H3,(H2,11,13,14,15). The van der Waals surface area contributed by atoms with E-state index < -0.39 is 10.0 Å². The van der Waals surface area contributed by atoms with Gasteiger partial charge >= 0.3 is 0 Å². The van der Waals surface area contributed by atoms with Gasteiger partial charge in [-0.3, -0.25) is 0 Å². The molecule has 0 aliphatic rings. The van der Waals surface area contributed by atoms with Crippen LogP contribution in [0.15, 0.2) is 6.07 Å². The maximum absolute atomic E-state index is 10.8. The molecule has 1 heterocycles. The number of sulfonamides is 1. The monoisotopic (exact) mass is 274 g/mol. The van der Waals surface area contributed by atoms with Crippen molar-refractivity contribution in [2.75, 3.05) is 30.1 Å². The quantitative estimate of drug-likeness (QED) is 0.298. The van der Waals surface area contributed by atoms with Crippen molar-refractivity contribution in [3.8, 4) is 0 Å². The number of hydrazine groups is 1. The van der Waals surface area contributed by atoms with Gasteiger partial charge < -0.3 is 10.7 Å². The molecule has 0 saturated heterocycles. The van der Waals surface area contributed by atoms with Gasteiger partial charge in [-0.2, -0.15) is 0 Å². The minimum Gasteiger partial charge on any atom is -0.370 e. The molecule has 0 aliphatic carbocycles. The Balaban J connectivity index is 2.37. The van der Waals surface area contributed by atoms with Crippen LogP contribution in [0.25, 0.3) is 0 Å². The van der Waals surface area contributed by atoms with E-state index in [0.29, 0.717) is 37.0 Å². The zero-order valence-corrected chi connectivity index (χ0v) is 11.2. The van der Waals surface area contributed by atoms with Crippen LogP contribution in [0, 0.1) is 6.92 Å². The van der Waals surface area contributed by atoms with Gasteiger partial charge in [0, 0.05) is 19.2 Å². The molecule has 0 amide bonds. The fourth-order valence-corrected chi connectivity index (χ4v) is 1.81. The molecule has 0 atom stereocenters. The Kier molecular flexibility index (Phi) is 5.25. The average Bonchev–Trinajstić information content (AvgIpc) is 2.26. The smallest absolute Gasteiger partial charge is 0.208 e. The summed E-state index contributed by atoms with van der Waals surface area (Å²) in [5, 5.41) is 3.06. The second kappa shape index (κ2) is 6.47. The molecular weight excluding hydrogens is 256 g/mol. The summed E-state index contributed by atoms with van der Waals surface area (Å²) in [5.41, 5.74) is 2.45. The SMILES string of the molecule is Cc1nc(NN)cc(NCCCNS(C)(=O)=O)n1. The van der Waals surface area contributed by atoms with Gasteiger partial charge in [-0.1, -0.05) is 0 Å². The lowest BCUT2D eigenvalue weighted by Gasteiger charge is -2.08. The van der Waals surface area contributed by atoms with Crippen molar-refractivity contribution in [2.45, 2.75) is 13.3 Å². The molecular formula is C9H18N6O2S. The van der Waals surface area contributed by atoms with Gasteiger partial charge in [0.05, 0.1) is 6.26 Å². The number of nitrogens with zero attached hydrogens (tertiary/aromatic N) is 2. The Morgan fingerprint density at radius 2 is 1.94 bits per heavy atom. The maximum Gasteiger partial charge on any atom is 0.208 e. The fraction of sp³-hybridized carbons (Fsp3) is 0.556. The van der Waals surface area contributed by atoms with Gasteiger partial charge in [0.2, 0.25) is 10.0 Å². The third kappa shape index (κ3) is 5.75. The highest BCUT2D eigenvalue weighted by Gasteiger charge is 2.01. The second-order valence-electron chi connectivity index (χ2n) is 3.78. The largest absolute Gasteiger partial charge is 0.370 e. The predicted octanol–water partition coefficient (Wildman–Crippen LogP) is -0.578. The van der Waals surface area contributed by atoms with E-state index in [4.69, 9.17) is 5.84 Å². The normalized spacial score (nSPS) is 11.3. The molecule has 9 heteroatoms. The van der Waals surface area contributed by atoms with Gasteiger partial charge in [0.1, 0.15) is 17.5 Å². The van der Waals surface area contributed by atoms with Crippen molar-refractivity contribution >= 4 is 21.7 Å². The van der Waals surface area contributed by atoms with Crippen molar-refractivity contribution in [3.63, 3.8) is 0 Å². The van der Waals surface area contributed by atoms with E-state index in [0.717, 1.165) is 6.26 Å². The second-order valence-corrected chi connectivity index (χ2v) is 5.61. The summed E-state index contributed by atoms with van der Waals surface area (Å²) in [5.74, 6) is 7.04. The summed E-state index contributed by atoms with van der Waals surface area (Å²) in [6, 6.07) is 1.68. The van der Waals surface area contributed by atoms with Crippen LogP contribution in [0.5, 0.6) is 0 Å². The van der Waals surface area contributed by atoms with Crippen LogP contribution in [0.1, 0.15) is 12.2 Å². The highest BCUT2D eigenvalue weighted by Crippen LogP contribution is 2.09. The number of nitrogens with one attached hydrogen (secondary N) is 3. The number of nitrogens with two attached hydrogens (primary N) is 1. The molecule has 0 aliphatic heterocycles. The minimum atomic E-state index is -3.12. The number of rotatable bonds is 7. The maximum atomic E-state index is 10.8. The topological polar surface area (TPSA) is 122 Å². The van der Waals surface area contributed by atoms with Crippen LogP contribution in [0.2, 0.25) is 0 Å². The van der Waals surface area contributed by atoms with Crippen LogP contribution in [-0.4, -0.2) is 37.7 Å². The third-order valence-corrected chi connectivity index (χ3v) is 2.74. The molecule has 0 aromatic carbocycles. The zero-order chi connectivity index (χ0) is 13.6. The highest BCUT2D eigenvalue weighted by molar-refractivity contribution is 7.88. The lowest BCUT2D eigenvalue weighted by atomic mass is 10.4. The lowest BCUT2D eigenvalue weighted by molar-refractivity contribution is 0.586. The summed E-state index contributed by atoms with van der Waals surface area (Å²) in [4.78, 5) is 8.22. The van der Waals surface area contributed by atoms with E-state index in [1.54, 1.807) is 13.0 Å². The highest BCUT2D eigenvalue weighted by atomic mass is 32.2. The Hall–Kier alpha value is -1.45. The molecule has 1 rings (SSSR count). The van der Waals surface area contributed by atoms with Crippen molar-refractivity contribution in [3.05, 3.63) is 11.9 Å². The first-order valence-electron chi connectivity index (χ1n) is 5.41. The van der Waals surface area contributed by atoms with E-state index in [1.807, 2.05) is 0 Å². The average molecular weight is 274 g/mol. The molecule has 1 aromatic heterocycles. The molecule has 0 unspecified atom stereocenters. The number of aromatic nitrogens is 2. The Labute approximate surface area is 106 Å². The zero-order valence-electron chi connectivity index (χ0n) is 10.4. The van der Waals surface area contributed by atoms with Gasteiger partial charge in [-0.15, -0.1) is 0 Å². The van der Waals surface area contributed by atoms with E-state index in [1.165, 1.54) is 0 Å². The first kappa shape index (κ1) is 14.6. The van der Waals surface area contributed by atoms with E-state index in [9.17, 15) is 8.42 Å². The molecule has 0 bridgehead atoms. The van der Waals surface area contributed by atoms with Gasteiger partial charge in [-0.05, 0) is 13.3 Å². The van der Waals surface area contributed by atoms with Crippen LogP contribution < -0.4 is 21.3 Å². The minimum absolute atomic E-state index is 0.387. The molecule has 5 N–H and O–H groups in total. The lowest BCUT2D eigenvalue weighted by Crippen LogP contribution is -2.24. The number of aryl methyl sites for hydroxylation is 1. The Bertz CT molecular complexity index is 490. The van der Waals surface area contributed by atoms with Gasteiger partial charge in [-0.25, -0.2) is 29.0 Å². The number of hydrogen-bond donors (Lipinski definition) is 4. The van der Waals surface area contributed by atoms with Gasteiger partial charge in [0.15, 0.2) is 0 Å². The van der Waals surface area contributed by atoms with Gasteiger partial charge in [0.25, 0.3) is 0 Å². The number of nitrogen functional groups attached to an aromatic ring is 1. The summed E-state index contributed by atoms with van der Waals surface area (Å²) >= 11 is 0. The predicted molar refractivity (Wildman–Crippen MR) is 70.5 cm³/mol. The van der Waals surface area contributed by atoms with Crippen molar-refractivity contribution in [1.29, 1.82) is 0 Å². The Morgan fingerprint density at radius 1 is 1.28 bits per heavy atom. The third-order valence-electron chi connectivity index (χ3n) is 2.01. The summed E-state index contributed by atoms with van der Waals surface area (Å²) in [6.07, 6.45) is 1.79. The van der Waals surface area contributed by atoms with E-state index in [2.05, 4.69) is 25.4 Å². The number of anilines is 2. The van der Waals surface area contributed by atoms with Crippen molar-refractivity contribution < 1.29 is 8.42 Å².